The first kappa shape index (κ1) is 102. The van der Waals surface area contributed by atoms with E-state index in [1.54, 1.807) is 0 Å². The molecule has 0 aliphatic carbocycles. The van der Waals surface area contributed by atoms with Crippen LogP contribution < -0.4 is 0 Å². The Bertz CT molecular complexity index is 2000. The molecule has 0 radical (unpaired) electrons. The lowest BCUT2D eigenvalue weighted by molar-refractivity contribution is -0.161. The van der Waals surface area contributed by atoms with Gasteiger partial charge in [-0.15, -0.1) is 0 Å². The van der Waals surface area contributed by atoms with Gasteiger partial charge in [-0.1, -0.05) is 401 Å². The maximum atomic E-state index is 13.1. The Morgan fingerprint density at radius 2 is 0.490 bits per heavy atom. The van der Waals surface area contributed by atoms with Crippen molar-refractivity contribution < 1.29 is 80.2 Å². The minimum absolute atomic E-state index is 0.108. The summed E-state index contributed by atoms with van der Waals surface area (Å²) in [6.45, 7) is 9.71. The van der Waals surface area contributed by atoms with Gasteiger partial charge < -0.3 is 33.8 Å². The quantitative estimate of drug-likeness (QED) is 0.0222. The Morgan fingerprint density at radius 3 is 0.731 bits per heavy atom. The highest BCUT2D eigenvalue weighted by Crippen LogP contribution is 2.45. The van der Waals surface area contributed by atoms with Crippen LogP contribution in [0.25, 0.3) is 0 Å². The molecule has 19 heteroatoms. The smallest absolute Gasteiger partial charge is 0.462 e. The summed E-state index contributed by atoms with van der Waals surface area (Å²) in [4.78, 5) is 73.1. The molecule has 0 aliphatic heterocycles. The van der Waals surface area contributed by atoms with Gasteiger partial charge >= 0.3 is 39.5 Å². The van der Waals surface area contributed by atoms with Gasteiger partial charge in [0.05, 0.1) is 26.4 Å². The first-order valence-electron chi connectivity index (χ1n) is 44.0. The van der Waals surface area contributed by atoms with E-state index in [4.69, 9.17) is 37.0 Å². The topological polar surface area (TPSA) is 237 Å². The third kappa shape index (κ3) is 76.8. The number of hydrogen-bond donors (Lipinski definition) is 3. The Labute approximate surface area is 638 Å². The second-order valence-electron chi connectivity index (χ2n) is 31.3. The van der Waals surface area contributed by atoms with E-state index in [1.165, 1.54) is 263 Å². The molecule has 0 spiro atoms. The number of esters is 4. The van der Waals surface area contributed by atoms with Crippen molar-refractivity contribution in [1.82, 2.24) is 0 Å². The Morgan fingerprint density at radius 1 is 0.279 bits per heavy atom. The molecular weight excluding hydrogens is 1350 g/mol. The molecule has 0 rings (SSSR count). The highest BCUT2D eigenvalue weighted by Gasteiger charge is 2.30. The van der Waals surface area contributed by atoms with Crippen molar-refractivity contribution >= 4 is 39.5 Å². The summed E-state index contributed by atoms with van der Waals surface area (Å²) in [5.74, 6) is -0.461. The summed E-state index contributed by atoms with van der Waals surface area (Å²) in [6, 6.07) is 0. The Balaban J connectivity index is 5.19. The maximum absolute atomic E-state index is 13.1. The van der Waals surface area contributed by atoms with E-state index in [0.29, 0.717) is 25.7 Å². The predicted octanol–water partition coefficient (Wildman–Crippen LogP) is 25.8. The number of carbonyl (C=O) groups excluding carboxylic acids is 4. The molecular formula is C85H166O17P2. The first-order chi connectivity index (χ1) is 50.4. The summed E-state index contributed by atoms with van der Waals surface area (Å²) in [5, 5.41) is 10.7. The molecule has 0 saturated heterocycles. The molecule has 0 fully saturated rings. The largest absolute Gasteiger partial charge is 0.472 e. The lowest BCUT2D eigenvalue weighted by atomic mass is 9.99. The summed E-state index contributed by atoms with van der Waals surface area (Å²) in [5.41, 5.74) is 0. The minimum atomic E-state index is -4.96. The SMILES string of the molecule is CCCCCCCCCCCCCCCCCCCCCCCC(=O)O[C@H](COC(=O)CCCCCCCCCCCCCCCCC(C)CC)COP(=O)(O)OC[C@@H](O)COP(=O)(O)OC[C@@H](COC(=O)CCCCCCCCCC)OC(=O)CCCCCCCCCCCCCCCCC(C)C. The van der Waals surface area contributed by atoms with Crippen LogP contribution in [-0.4, -0.2) is 96.7 Å². The molecule has 0 aromatic rings. The van der Waals surface area contributed by atoms with E-state index in [0.717, 1.165) is 108 Å². The van der Waals surface area contributed by atoms with Crippen LogP contribution in [0.5, 0.6) is 0 Å². The van der Waals surface area contributed by atoms with Crippen LogP contribution in [0.3, 0.4) is 0 Å². The van der Waals surface area contributed by atoms with Crippen molar-refractivity contribution in [2.45, 2.75) is 471 Å². The molecule has 0 heterocycles. The summed E-state index contributed by atoms with van der Waals surface area (Å²) in [6.07, 6.45) is 68.1. The summed E-state index contributed by atoms with van der Waals surface area (Å²) in [7, 11) is -9.92. The zero-order chi connectivity index (χ0) is 76.4. The highest BCUT2D eigenvalue weighted by molar-refractivity contribution is 7.47. The first-order valence-corrected chi connectivity index (χ1v) is 47.0. The Hall–Kier alpha value is -1.94. The molecule has 0 aromatic heterocycles. The molecule has 104 heavy (non-hydrogen) atoms. The predicted molar refractivity (Wildman–Crippen MR) is 428 cm³/mol. The number of ether oxygens (including phenoxy) is 4. The molecule has 0 bridgehead atoms. The number of hydrogen-bond acceptors (Lipinski definition) is 15. The average Bonchev–Trinajstić information content (AvgIpc) is 0.908. The number of unbranched alkanes of at least 4 members (excludes halogenated alkanes) is 53. The van der Waals surface area contributed by atoms with Crippen molar-refractivity contribution in [2.75, 3.05) is 39.6 Å². The monoisotopic (exact) mass is 1520 g/mol. The maximum Gasteiger partial charge on any atom is 0.472 e. The van der Waals surface area contributed by atoms with Crippen molar-refractivity contribution in [1.29, 1.82) is 0 Å². The van der Waals surface area contributed by atoms with Gasteiger partial charge in [0.25, 0.3) is 0 Å². The molecule has 0 saturated carbocycles. The minimum Gasteiger partial charge on any atom is -0.462 e. The second-order valence-corrected chi connectivity index (χ2v) is 34.2. The number of phosphoric acid groups is 2. The number of rotatable bonds is 84. The normalized spacial score (nSPS) is 14.1. The van der Waals surface area contributed by atoms with Gasteiger partial charge in [0, 0.05) is 25.7 Å². The van der Waals surface area contributed by atoms with Gasteiger partial charge in [-0.05, 0) is 37.5 Å². The van der Waals surface area contributed by atoms with Gasteiger partial charge in [-0.2, -0.15) is 0 Å². The third-order valence-corrected chi connectivity index (χ3v) is 22.2. The average molecular weight is 1520 g/mol. The van der Waals surface area contributed by atoms with Crippen molar-refractivity contribution in [3.63, 3.8) is 0 Å². The van der Waals surface area contributed by atoms with Crippen LogP contribution in [0.15, 0.2) is 0 Å². The van der Waals surface area contributed by atoms with Crippen LogP contribution in [0, 0.1) is 11.8 Å². The zero-order valence-corrected chi connectivity index (χ0v) is 70.1. The number of carbonyl (C=O) groups is 4. The second kappa shape index (κ2) is 76.4. The van der Waals surface area contributed by atoms with E-state index >= 15 is 0 Å². The fourth-order valence-electron chi connectivity index (χ4n) is 13.2. The van der Waals surface area contributed by atoms with Gasteiger partial charge in [-0.25, -0.2) is 9.13 Å². The van der Waals surface area contributed by atoms with Gasteiger partial charge in [0.2, 0.25) is 0 Å². The number of aliphatic hydroxyl groups excluding tert-OH is 1. The molecule has 0 amide bonds. The number of phosphoric ester groups is 2. The van der Waals surface area contributed by atoms with Crippen molar-refractivity contribution in [3.8, 4) is 0 Å². The third-order valence-electron chi connectivity index (χ3n) is 20.3. The van der Waals surface area contributed by atoms with E-state index in [9.17, 15) is 43.2 Å². The van der Waals surface area contributed by atoms with Crippen LogP contribution in [-0.2, 0) is 65.4 Å². The summed E-state index contributed by atoms with van der Waals surface area (Å²) < 4.78 is 68.8. The molecule has 3 unspecified atom stereocenters. The highest BCUT2D eigenvalue weighted by atomic mass is 31.2. The van der Waals surface area contributed by atoms with E-state index in [2.05, 4.69) is 41.5 Å². The van der Waals surface area contributed by atoms with Crippen LogP contribution in [0.4, 0.5) is 0 Å². The molecule has 0 aliphatic rings. The fourth-order valence-corrected chi connectivity index (χ4v) is 14.8. The summed E-state index contributed by atoms with van der Waals surface area (Å²) >= 11 is 0. The number of aliphatic hydroxyl groups is 1. The lowest BCUT2D eigenvalue weighted by Crippen LogP contribution is -2.30. The molecule has 0 aromatic carbocycles. The molecule has 6 atom stereocenters. The van der Waals surface area contributed by atoms with Gasteiger partial charge in [0.15, 0.2) is 12.2 Å². The van der Waals surface area contributed by atoms with E-state index in [1.807, 2.05) is 0 Å². The molecule has 618 valence electrons. The van der Waals surface area contributed by atoms with Gasteiger partial charge in [-0.3, -0.25) is 37.3 Å². The van der Waals surface area contributed by atoms with Gasteiger partial charge in [0.1, 0.15) is 19.3 Å². The van der Waals surface area contributed by atoms with Crippen molar-refractivity contribution in [3.05, 3.63) is 0 Å². The fraction of sp³-hybridized carbons (Fsp3) is 0.953. The standard InChI is InChI=1S/C85H166O17P2/c1-7-10-12-14-16-18-19-20-21-22-23-24-25-26-27-35-40-45-51-57-63-69-85(90)102-81(74-96-83(88)68-62-56-50-44-39-34-31-29-33-38-43-48-54-60-66-78(6)9-3)76-100-104(93,94)98-72-79(86)71-97-103(91,92)99-75-80(73-95-82(87)67-61-55-49-17-15-13-11-8-2)101-84(89)70-64-58-52-46-41-36-30-28-32-37-42-47-53-59-65-77(4)5/h77-81,86H,7-76H2,1-6H3,(H,91,92)(H,93,94)/t78?,79-,80+,81+/m0/s1. The van der Waals surface area contributed by atoms with Crippen LogP contribution in [0.1, 0.15) is 452 Å². The van der Waals surface area contributed by atoms with Crippen LogP contribution in [0.2, 0.25) is 0 Å². The van der Waals surface area contributed by atoms with E-state index in [-0.39, 0.29) is 25.7 Å². The van der Waals surface area contributed by atoms with E-state index < -0.39 is 97.5 Å². The molecule has 3 N–H and O–H groups in total. The lowest BCUT2D eigenvalue weighted by Gasteiger charge is -2.21. The van der Waals surface area contributed by atoms with Crippen molar-refractivity contribution in [2.24, 2.45) is 11.8 Å². The van der Waals surface area contributed by atoms with Crippen LogP contribution >= 0.6 is 15.6 Å². The zero-order valence-electron chi connectivity index (χ0n) is 68.3. The molecule has 17 nitrogen and oxygen atoms in total. The Kier molecular flexibility index (Phi) is 75.0.